The van der Waals surface area contributed by atoms with Gasteiger partial charge in [-0.05, 0) is 7.05 Å². The number of carbonyl (C=O) groups is 1. The number of hydrogen-bond donors (Lipinski definition) is 2. The molecule has 0 amide bonds. The molecule has 2 rings (SSSR count). The van der Waals surface area contributed by atoms with Crippen LogP contribution in [-0.2, 0) is 11.4 Å². The zero-order valence-corrected chi connectivity index (χ0v) is 11.5. The molecule has 1 aliphatic rings. The zero-order chi connectivity index (χ0) is 13.8. The van der Waals surface area contributed by atoms with Gasteiger partial charge in [0.05, 0.1) is 5.75 Å². The topological polar surface area (TPSA) is 94.7 Å². The lowest BCUT2D eigenvalue weighted by Crippen LogP contribution is -2.50. The van der Waals surface area contributed by atoms with Crippen LogP contribution in [0, 0.1) is 0 Å². The first-order valence-electron chi connectivity index (χ1n) is 5.95. The molecular formula is C10H17N5O3S. The fraction of sp³-hybridized carbons (Fsp3) is 0.700. The van der Waals surface area contributed by atoms with Gasteiger partial charge in [0.15, 0.2) is 5.82 Å². The Bertz CT molecular complexity index is 444. The highest BCUT2D eigenvalue weighted by Crippen LogP contribution is 2.18. The maximum atomic E-state index is 10.6. The molecule has 1 aromatic heterocycles. The fourth-order valence-corrected chi connectivity index (χ4v) is 2.58. The molecule has 0 radical (unpaired) electrons. The fourth-order valence-electron chi connectivity index (χ4n) is 1.89. The maximum absolute atomic E-state index is 10.6. The molecule has 0 saturated carbocycles. The molecule has 0 atom stereocenters. The summed E-state index contributed by atoms with van der Waals surface area (Å²) >= 11 is 1.11. The van der Waals surface area contributed by atoms with Gasteiger partial charge in [-0.25, -0.2) is 4.68 Å². The summed E-state index contributed by atoms with van der Waals surface area (Å²) in [6.45, 7) is 3.19. The number of aliphatic carboxylic acids is 1. The lowest BCUT2D eigenvalue weighted by molar-refractivity contribution is -0.133. The van der Waals surface area contributed by atoms with Gasteiger partial charge in [-0.2, -0.15) is 0 Å². The first-order chi connectivity index (χ1) is 9.11. The van der Waals surface area contributed by atoms with E-state index in [0.29, 0.717) is 11.0 Å². The highest BCUT2D eigenvalue weighted by atomic mass is 32.2. The Hall–Kier alpha value is -1.32. The molecule has 0 spiro atoms. The molecule has 0 bridgehead atoms. The number of rotatable bonds is 5. The van der Waals surface area contributed by atoms with Gasteiger partial charge in [0, 0.05) is 26.2 Å². The molecule has 19 heavy (non-hydrogen) atoms. The van der Waals surface area contributed by atoms with Crippen LogP contribution in [0.4, 0.5) is 0 Å². The summed E-state index contributed by atoms with van der Waals surface area (Å²) in [6.07, 6.45) is 0. The molecule has 1 aliphatic heterocycles. The van der Waals surface area contributed by atoms with Crippen molar-refractivity contribution in [2.45, 2.75) is 11.8 Å². The molecule has 1 saturated heterocycles. The maximum Gasteiger partial charge on any atom is 0.313 e. The molecule has 0 aromatic carbocycles. The van der Waals surface area contributed by atoms with Crippen LogP contribution in [0.25, 0.3) is 0 Å². The van der Waals surface area contributed by atoms with Crippen molar-refractivity contribution in [2.75, 3.05) is 44.0 Å². The van der Waals surface area contributed by atoms with E-state index in [1.54, 1.807) is 4.68 Å². The molecule has 2 N–H and O–H groups in total. The van der Waals surface area contributed by atoms with Crippen molar-refractivity contribution >= 4 is 17.7 Å². The van der Waals surface area contributed by atoms with Crippen LogP contribution in [-0.4, -0.2) is 74.9 Å². The molecule has 106 valence electrons. The van der Waals surface area contributed by atoms with Crippen LogP contribution < -0.4 is 5.01 Å². The second-order valence-corrected chi connectivity index (χ2v) is 5.25. The summed E-state index contributed by atoms with van der Waals surface area (Å²) in [7, 11) is 2.05. The summed E-state index contributed by atoms with van der Waals surface area (Å²) < 4.78 is 1.74. The summed E-state index contributed by atoms with van der Waals surface area (Å²) in [6, 6.07) is 0. The molecule has 2 heterocycles. The minimum absolute atomic E-state index is 0.0721. The van der Waals surface area contributed by atoms with E-state index in [9.17, 15) is 9.90 Å². The molecule has 1 fully saturated rings. The quantitative estimate of drug-likeness (QED) is 0.654. The largest absolute Gasteiger partial charge is 0.481 e. The number of hydrogen-bond acceptors (Lipinski definition) is 7. The van der Waals surface area contributed by atoms with Crippen molar-refractivity contribution in [3.63, 3.8) is 0 Å². The number of nitrogens with zero attached hydrogens (tertiary/aromatic N) is 5. The van der Waals surface area contributed by atoms with Gasteiger partial charge >= 0.3 is 5.97 Å². The number of aliphatic hydroxyl groups is 1. The van der Waals surface area contributed by atoms with Crippen molar-refractivity contribution in [3.8, 4) is 0 Å². The number of piperazine rings is 1. The van der Waals surface area contributed by atoms with Crippen molar-refractivity contribution in [3.05, 3.63) is 5.82 Å². The Labute approximate surface area is 115 Å². The van der Waals surface area contributed by atoms with E-state index < -0.39 is 5.97 Å². The van der Waals surface area contributed by atoms with Crippen molar-refractivity contribution < 1.29 is 15.0 Å². The first kappa shape index (κ1) is 14.1. The van der Waals surface area contributed by atoms with E-state index >= 15 is 0 Å². The predicted molar refractivity (Wildman–Crippen MR) is 69.8 cm³/mol. The van der Waals surface area contributed by atoms with Gasteiger partial charge in [0.1, 0.15) is 6.61 Å². The summed E-state index contributed by atoms with van der Waals surface area (Å²) in [4.78, 5) is 12.8. The Balaban J connectivity index is 2.16. The van der Waals surface area contributed by atoms with Gasteiger partial charge in [0.25, 0.3) is 0 Å². The average molecular weight is 287 g/mol. The van der Waals surface area contributed by atoms with E-state index in [2.05, 4.69) is 22.1 Å². The molecule has 0 unspecified atom stereocenters. The minimum Gasteiger partial charge on any atom is -0.481 e. The lowest BCUT2D eigenvalue weighted by atomic mass is 10.4. The number of thioether (sulfide) groups is 1. The normalized spacial score (nSPS) is 16.8. The standard InChI is InChI=1S/C10H17N5O3S/c1-13-2-4-14(5-3-13)15-8(6-16)11-12-10(15)19-7-9(17)18/h16H,2-7H2,1H3,(H,17,18). The number of aliphatic hydroxyl groups excluding tert-OH is 1. The van der Waals surface area contributed by atoms with E-state index in [1.165, 1.54) is 0 Å². The number of likely N-dealkylation sites (N-methyl/N-ethyl adjacent to an activating group) is 1. The molecular weight excluding hydrogens is 270 g/mol. The van der Waals surface area contributed by atoms with Crippen LogP contribution in [0.2, 0.25) is 0 Å². The van der Waals surface area contributed by atoms with Gasteiger partial charge in [-0.15, -0.1) is 10.2 Å². The summed E-state index contributed by atoms with van der Waals surface area (Å²) in [5.41, 5.74) is 0. The average Bonchev–Trinajstić information content (AvgIpc) is 2.80. The van der Waals surface area contributed by atoms with E-state index in [4.69, 9.17) is 5.11 Å². The SMILES string of the molecule is CN1CCN(n2c(CO)nnc2SCC(=O)O)CC1. The smallest absolute Gasteiger partial charge is 0.313 e. The summed E-state index contributed by atoms with van der Waals surface area (Å²) in [5, 5.41) is 28.4. The van der Waals surface area contributed by atoms with Crippen LogP contribution in [0.15, 0.2) is 5.16 Å². The Kier molecular flexibility index (Phi) is 4.61. The third-order valence-electron chi connectivity index (χ3n) is 2.91. The molecule has 1 aromatic rings. The Morgan fingerprint density at radius 2 is 2.00 bits per heavy atom. The predicted octanol–water partition coefficient (Wildman–Crippen LogP) is -1.17. The second-order valence-electron chi connectivity index (χ2n) is 4.31. The van der Waals surface area contributed by atoms with Gasteiger partial charge < -0.3 is 20.1 Å². The lowest BCUT2D eigenvalue weighted by Gasteiger charge is -2.35. The Morgan fingerprint density at radius 3 is 2.58 bits per heavy atom. The van der Waals surface area contributed by atoms with Crippen LogP contribution >= 0.6 is 11.8 Å². The van der Waals surface area contributed by atoms with Crippen LogP contribution in [0.5, 0.6) is 0 Å². The van der Waals surface area contributed by atoms with Gasteiger partial charge in [-0.3, -0.25) is 4.79 Å². The number of carboxylic acids is 1. The molecule has 8 nitrogen and oxygen atoms in total. The Morgan fingerprint density at radius 1 is 1.32 bits per heavy atom. The first-order valence-corrected chi connectivity index (χ1v) is 6.94. The summed E-state index contributed by atoms with van der Waals surface area (Å²) in [5.74, 6) is -0.530. The van der Waals surface area contributed by atoms with Gasteiger partial charge in [0.2, 0.25) is 5.16 Å². The van der Waals surface area contributed by atoms with E-state index in [0.717, 1.165) is 37.9 Å². The highest BCUT2D eigenvalue weighted by Gasteiger charge is 2.21. The van der Waals surface area contributed by atoms with E-state index in [-0.39, 0.29) is 12.4 Å². The highest BCUT2D eigenvalue weighted by molar-refractivity contribution is 7.99. The van der Waals surface area contributed by atoms with E-state index in [1.807, 2.05) is 5.01 Å². The van der Waals surface area contributed by atoms with Crippen molar-refractivity contribution in [2.24, 2.45) is 0 Å². The number of carboxylic acid groups (broad SMARTS) is 1. The van der Waals surface area contributed by atoms with Crippen molar-refractivity contribution in [1.29, 1.82) is 0 Å². The second kappa shape index (κ2) is 6.22. The third-order valence-corrected chi connectivity index (χ3v) is 3.81. The van der Waals surface area contributed by atoms with Gasteiger partial charge in [-0.1, -0.05) is 11.8 Å². The zero-order valence-electron chi connectivity index (χ0n) is 10.7. The number of aromatic nitrogens is 3. The van der Waals surface area contributed by atoms with Crippen molar-refractivity contribution in [1.82, 2.24) is 19.8 Å². The third kappa shape index (κ3) is 3.37. The van der Waals surface area contributed by atoms with Crippen LogP contribution in [0.1, 0.15) is 5.82 Å². The monoisotopic (exact) mass is 287 g/mol. The molecule has 0 aliphatic carbocycles. The molecule has 9 heteroatoms. The minimum atomic E-state index is -0.900. The van der Waals surface area contributed by atoms with Crippen LogP contribution in [0.3, 0.4) is 0 Å².